The summed E-state index contributed by atoms with van der Waals surface area (Å²) in [5.74, 6) is 0.603. The zero-order valence-electron chi connectivity index (χ0n) is 10.4. The van der Waals surface area contributed by atoms with E-state index in [4.69, 9.17) is 5.73 Å². The Morgan fingerprint density at radius 2 is 1.47 bits per heavy atom. The molecule has 2 N–H and O–H groups in total. The molecule has 0 radical (unpaired) electrons. The van der Waals surface area contributed by atoms with Crippen LogP contribution < -0.4 is 5.73 Å². The topological polar surface area (TPSA) is 26.0 Å². The fraction of sp³-hybridized carbons (Fsp3) is 0.571. The Bertz CT molecular complexity index is 293. The minimum atomic E-state index is 0.193. The summed E-state index contributed by atoms with van der Waals surface area (Å²) in [5, 5.41) is 0. The molecular formula is C14H23N. The highest BCUT2D eigenvalue weighted by Crippen LogP contribution is 2.26. The van der Waals surface area contributed by atoms with Gasteiger partial charge in [-0.1, -0.05) is 56.0 Å². The van der Waals surface area contributed by atoms with Crippen LogP contribution in [0.25, 0.3) is 0 Å². The number of rotatable bonds is 4. The molecule has 84 valence electrons. The molecule has 1 aromatic rings. The first-order chi connectivity index (χ1) is 7.08. The van der Waals surface area contributed by atoms with Crippen molar-refractivity contribution in [3.8, 4) is 0 Å². The van der Waals surface area contributed by atoms with Gasteiger partial charge in [-0.2, -0.15) is 0 Å². The van der Waals surface area contributed by atoms with E-state index in [-0.39, 0.29) is 6.04 Å². The number of nitrogens with two attached hydrogens (primary N) is 1. The molecule has 0 aliphatic heterocycles. The molecule has 15 heavy (non-hydrogen) atoms. The second-order valence-corrected chi connectivity index (χ2v) is 4.52. The maximum atomic E-state index is 6.30. The van der Waals surface area contributed by atoms with Gasteiger partial charge in [0.15, 0.2) is 0 Å². The second kappa shape index (κ2) is 5.32. The highest BCUT2D eigenvalue weighted by Gasteiger charge is 2.16. The molecule has 0 saturated carbocycles. The van der Waals surface area contributed by atoms with Crippen molar-refractivity contribution < 1.29 is 0 Å². The zero-order chi connectivity index (χ0) is 11.4. The van der Waals surface area contributed by atoms with Gasteiger partial charge in [0, 0.05) is 6.04 Å². The van der Waals surface area contributed by atoms with Crippen LogP contribution >= 0.6 is 0 Å². The number of hydrogen-bond acceptors (Lipinski definition) is 1. The Labute approximate surface area is 93.7 Å². The maximum Gasteiger partial charge on any atom is 0.0323 e. The summed E-state index contributed by atoms with van der Waals surface area (Å²) in [6.07, 6.45) is 2.31. The van der Waals surface area contributed by atoms with Gasteiger partial charge in [0.1, 0.15) is 0 Å². The van der Waals surface area contributed by atoms with E-state index in [2.05, 4.69) is 45.9 Å². The Morgan fingerprint density at radius 1 is 1.00 bits per heavy atom. The Morgan fingerprint density at radius 3 is 1.87 bits per heavy atom. The van der Waals surface area contributed by atoms with E-state index in [1.807, 2.05) is 0 Å². The van der Waals surface area contributed by atoms with Gasteiger partial charge in [0.25, 0.3) is 0 Å². The molecule has 0 aromatic heterocycles. The molecule has 0 bridgehead atoms. The van der Waals surface area contributed by atoms with Crippen LogP contribution in [-0.4, -0.2) is 0 Å². The number of benzene rings is 1. The van der Waals surface area contributed by atoms with Crippen molar-refractivity contribution in [2.75, 3.05) is 0 Å². The summed E-state index contributed by atoms with van der Waals surface area (Å²) >= 11 is 0. The molecule has 1 nitrogen and oxygen atoms in total. The van der Waals surface area contributed by atoms with Crippen LogP contribution in [0, 0.1) is 19.8 Å². The predicted octanol–water partition coefficient (Wildman–Crippen LogP) is 3.74. The highest BCUT2D eigenvalue weighted by atomic mass is 14.6. The quantitative estimate of drug-likeness (QED) is 0.796. The monoisotopic (exact) mass is 205 g/mol. The van der Waals surface area contributed by atoms with Crippen LogP contribution in [0.15, 0.2) is 18.2 Å². The van der Waals surface area contributed by atoms with E-state index in [1.165, 1.54) is 16.7 Å². The smallest absolute Gasteiger partial charge is 0.0323 e. The largest absolute Gasteiger partial charge is 0.324 e. The lowest BCUT2D eigenvalue weighted by Crippen LogP contribution is -2.20. The van der Waals surface area contributed by atoms with Crippen LogP contribution in [0.5, 0.6) is 0 Å². The average molecular weight is 205 g/mol. The second-order valence-electron chi connectivity index (χ2n) is 4.52. The average Bonchev–Trinajstić information content (AvgIpc) is 2.18. The minimum absolute atomic E-state index is 0.193. The first kappa shape index (κ1) is 12.3. The molecule has 0 heterocycles. The van der Waals surface area contributed by atoms with E-state index in [0.29, 0.717) is 5.92 Å². The summed E-state index contributed by atoms with van der Waals surface area (Å²) < 4.78 is 0. The summed E-state index contributed by atoms with van der Waals surface area (Å²) in [5.41, 5.74) is 10.2. The normalized spacial score (nSPS) is 13.2. The van der Waals surface area contributed by atoms with Crippen molar-refractivity contribution >= 4 is 0 Å². The minimum Gasteiger partial charge on any atom is -0.324 e. The standard InChI is InChI=1S/C14H23N/c1-5-12(6-2)14(15)13-8-10(3)7-11(4)9-13/h7-9,12,14H,5-6,15H2,1-4H3. The van der Waals surface area contributed by atoms with Gasteiger partial charge < -0.3 is 5.73 Å². The molecule has 1 heteroatoms. The van der Waals surface area contributed by atoms with Crippen LogP contribution in [0.4, 0.5) is 0 Å². The first-order valence-corrected chi connectivity index (χ1v) is 5.92. The molecule has 1 unspecified atom stereocenters. The number of hydrogen-bond donors (Lipinski definition) is 1. The molecule has 1 aromatic carbocycles. The fourth-order valence-corrected chi connectivity index (χ4v) is 2.27. The lowest BCUT2D eigenvalue weighted by molar-refractivity contribution is 0.405. The summed E-state index contributed by atoms with van der Waals surface area (Å²) in [4.78, 5) is 0. The molecule has 0 aliphatic rings. The molecule has 0 saturated heterocycles. The number of aryl methyl sites for hydroxylation is 2. The molecule has 0 fully saturated rings. The molecule has 0 amide bonds. The van der Waals surface area contributed by atoms with Gasteiger partial charge in [0.2, 0.25) is 0 Å². The Kier molecular flexibility index (Phi) is 4.34. The van der Waals surface area contributed by atoms with Crippen LogP contribution in [-0.2, 0) is 0 Å². The van der Waals surface area contributed by atoms with Crippen LogP contribution in [0.2, 0.25) is 0 Å². The summed E-state index contributed by atoms with van der Waals surface area (Å²) in [6.45, 7) is 8.71. The van der Waals surface area contributed by atoms with Crippen molar-refractivity contribution in [1.29, 1.82) is 0 Å². The predicted molar refractivity (Wildman–Crippen MR) is 66.9 cm³/mol. The van der Waals surface area contributed by atoms with Crippen molar-refractivity contribution in [3.05, 3.63) is 34.9 Å². The lowest BCUT2D eigenvalue weighted by atomic mass is 9.88. The summed E-state index contributed by atoms with van der Waals surface area (Å²) in [6, 6.07) is 6.83. The van der Waals surface area contributed by atoms with Gasteiger partial charge in [-0.25, -0.2) is 0 Å². The van der Waals surface area contributed by atoms with E-state index < -0.39 is 0 Å². The highest BCUT2D eigenvalue weighted by molar-refractivity contribution is 5.30. The molecule has 1 atom stereocenters. The molecule has 1 rings (SSSR count). The van der Waals surface area contributed by atoms with Gasteiger partial charge in [0.05, 0.1) is 0 Å². The zero-order valence-corrected chi connectivity index (χ0v) is 10.4. The Balaban J connectivity index is 2.94. The van der Waals surface area contributed by atoms with Crippen molar-refractivity contribution in [3.63, 3.8) is 0 Å². The van der Waals surface area contributed by atoms with Gasteiger partial charge >= 0.3 is 0 Å². The Hall–Kier alpha value is -0.820. The third-order valence-electron chi connectivity index (χ3n) is 3.19. The molecular weight excluding hydrogens is 182 g/mol. The van der Waals surface area contributed by atoms with Crippen LogP contribution in [0.1, 0.15) is 49.4 Å². The van der Waals surface area contributed by atoms with E-state index in [1.54, 1.807) is 0 Å². The third kappa shape index (κ3) is 3.07. The van der Waals surface area contributed by atoms with E-state index in [0.717, 1.165) is 12.8 Å². The van der Waals surface area contributed by atoms with Crippen LogP contribution in [0.3, 0.4) is 0 Å². The van der Waals surface area contributed by atoms with Gasteiger partial charge in [-0.15, -0.1) is 0 Å². The van der Waals surface area contributed by atoms with E-state index >= 15 is 0 Å². The van der Waals surface area contributed by atoms with E-state index in [9.17, 15) is 0 Å². The maximum absolute atomic E-state index is 6.30. The molecule has 0 aliphatic carbocycles. The SMILES string of the molecule is CCC(CC)C(N)c1cc(C)cc(C)c1. The molecule has 0 spiro atoms. The van der Waals surface area contributed by atoms with Crippen molar-refractivity contribution in [2.45, 2.75) is 46.6 Å². The third-order valence-corrected chi connectivity index (χ3v) is 3.19. The first-order valence-electron chi connectivity index (χ1n) is 5.92. The van der Waals surface area contributed by atoms with Crippen molar-refractivity contribution in [2.24, 2.45) is 11.7 Å². The van der Waals surface area contributed by atoms with Crippen molar-refractivity contribution in [1.82, 2.24) is 0 Å². The fourth-order valence-electron chi connectivity index (χ4n) is 2.27. The van der Waals surface area contributed by atoms with Gasteiger partial charge in [-0.05, 0) is 25.3 Å². The summed E-state index contributed by atoms with van der Waals surface area (Å²) in [7, 11) is 0. The van der Waals surface area contributed by atoms with Gasteiger partial charge in [-0.3, -0.25) is 0 Å². The lowest BCUT2D eigenvalue weighted by Gasteiger charge is -2.22.